The first-order valence-corrected chi connectivity index (χ1v) is 9.48. The average Bonchev–Trinajstić information content (AvgIpc) is 2.78. The molecule has 0 saturated carbocycles. The fraction of sp³-hybridized carbons (Fsp3) is 0.429. The van der Waals surface area contributed by atoms with E-state index >= 15 is 0 Å². The molecule has 8 heteroatoms. The number of halogens is 1. The summed E-state index contributed by atoms with van der Waals surface area (Å²) in [5.41, 5.74) is 5.50. The Kier molecular flexibility index (Phi) is 5.57. The molecule has 0 aliphatic carbocycles. The van der Waals surface area contributed by atoms with Gasteiger partial charge in [0.15, 0.2) is 9.84 Å². The van der Waals surface area contributed by atoms with Gasteiger partial charge in [-0.05, 0) is 30.0 Å². The predicted molar refractivity (Wildman–Crippen MR) is 85.5 cm³/mol. The van der Waals surface area contributed by atoms with Crippen molar-refractivity contribution in [1.82, 2.24) is 10.9 Å². The van der Waals surface area contributed by atoms with Crippen LogP contribution in [0.3, 0.4) is 0 Å². The van der Waals surface area contributed by atoms with Crippen molar-refractivity contribution in [3.63, 3.8) is 0 Å². The van der Waals surface area contributed by atoms with Crippen molar-refractivity contribution < 1.29 is 18.0 Å². The van der Waals surface area contributed by atoms with Crippen LogP contribution in [0.1, 0.15) is 18.4 Å². The van der Waals surface area contributed by atoms with Crippen LogP contribution in [0.25, 0.3) is 0 Å². The lowest BCUT2D eigenvalue weighted by Crippen LogP contribution is -2.43. The van der Waals surface area contributed by atoms with E-state index in [9.17, 15) is 18.0 Å². The molecule has 120 valence electrons. The zero-order valence-electron chi connectivity index (χ0n) is 11.8. The molecule has 6 nitrogen and oxygen atoms in total. The molecule has 1 atom stereocenters. The Labute approximate surface area is 137 Å². The molecule has 2 N–H and O–H groups in total. The lowest BCUT2D eigenvalue weighted by atomic mass is 10.1. The Morgan fingerprint density at radius 1 is 1.14 bits per heavy atom. The van der Waals surface area contributed by atoms with Gasteiger partial charge in [-0.2, -0.15) is 0 Å². The van der Waals surface area contributed by atoms with Crippen molar-refractivity contribution >= 4 is 37.6 Å². The maximum absolute atomic E-state index is 11.7. The first-order valence-electron chi connectivity index (χ1n) is 6.86. The smallest absolute Gasteiger partial charge is 0.242 e. The van der Waals surface area contributed by atoms with Gasteiger partial charge in [-0.15, -0.1) is 0 Å². The standard InChI is InChI=1S/C14H17BrN2O4S/c15-12-3-1-10(2-4-12)7-13(18)16-17-14(19)8-11-5-6-22(20,21)9-11/h1-4,11H,5-9H2,(H,16,18)(H,17,19)/t11-/m0/s1. The summed E-state index contributed by atoms with van der Waals surface area (Å²) in [7, 11) is -2.99. The molecule has 0 unspecified atom stereocenters. The van der Waals surface area contributed by atoms with Crippen molar-refractivity contribution in [2.24, 2.45) is 5.92 Å². The fourth-order valence-electron chi connectivity index (χ4n) is 2.32. The van der Waals surface area contributed by atoms with Gasteiger partial charge in [0.25, 0.3) is 0 Å². The van der Waals surface area contributed by atoms with Crippen LogP contribution in [0, 0.1) is 5.92 Å². The van der Waals surface area contributed by atoms with Crippen molar-refractivity contribution in [2.75, 3.05) is 11.5 Å². The second-order valence-electron chi connectivity index (χ2n) is 5.37. The number of rotatable bonds is 4. The molecule has 0 bridgehead atoms. The summed E-state index contributed by atoms with van der Waals surface area (Å²) in [4.78, 5) is 23.4. The molecule has 1 fully saturated rings. The Morgan fingerprint density at radius 2 is 1.77 bits per heavy atom. The third-order valence-corrected chi connectivity index (χ3v) is 5.79. The number of hydrogen-bond acceptors (Lipinski definition) is 4. The number of amides is 2. The van der Waals surface area contributed by atoms with Gasteiger partial charge in [0.05, 0.1) is 17.9 Å². The van der Waals surface area contributed by atoms with Gasteiger partial charge in [-0.1, -0.05) is 28.1 Å². The maximum atomic E-state index is 11.7. The molecule has 1 saturated heterocycles. The summed E-state index contributed by atoms with van der Waals surface area (Å²) in [6.07, 6.45) is 0.770. The second-order valence-corrected chi connectivity index (χ2v) is 8.52. The Hall–Kier alpha value is -1.41. The number of hydrogen-bond donors (Lipinski definition) is 2. The number of sulfone groups is 1. The predicted octanol–water partition coefficient (Wildman–Crippen LogP) is 0.964. The van der Waals surface area contributed by atoms with Crippen LogP contribution >= 0.6 is 15.9 Å². The normalized spacial score (nSPS) is 19.6. The fourth-order valence-corrected chi connectivity index (χ4v) is 4.44. The van der Waals surface area contributed by atoms with Gasteiger partial charge in [-0.3, -0.25) is 20.4 Å². The topological polar surface area (TPSA) is 92.3 Å². The third-order valence-electron chi connectivity index (χ3n) is 3.42. The lowest BCUT2D eigenvalue weighted by Gasteiger charge is -2.10. The van der Waals surface area contributed by atoms with Crippen LogP contribution in [0.5, 0.6) is 0 Å². The first-order chi connectivity index (χ1) is 10.3. The van der Waals surface area contributed by atoms with E-state index in [1.165, 1.54) is 0 Å². The van der Waals surface area contributed by atoms with E-state index in [4.69, 9.17) is 0 Å². The number of hydrazine groups is 1. The van der Waals surface area contributed by atoms with Crippen LogP contribution in [0.2, 0.25) is 0 Å². The highest BCUT2D eigenvalue weighted by Gasteiger charge is 2.29. The second kappa shape index (κ2) is 7.23. The van der Waals surface area contributed by atoms with Crippen LogP contribution in [-0.4, -0.2) is 31.7 Å². The largest absolute Gasteiger partial charge is 0.273 e. The minimum absolute atomic E-state index is 0.0489. The van der Waals surface area contributed by atoms with Gasteiger partial charge < -0.3 is 0 Å². The molecule has 1 heterocycles. The van der Waals surface area contributed by atoms with Gasteiger partial charge in [-0.25, -0.2) is 8.42 Å². The molecule has 1 aromatic rings. The third kappa shape index (κ3) is 5.42. The molecular formula is C14H17BrN2O4S. The molecular weight excluding hydrogens is 372 g/mol. The summed E-state index contributed by atoms with van der Waals surface area (Å²) in [6, 6.07) is 7.30. The van der Waals surface area contributed by atoms with Crippen LogP contribution in [0.15, 0.2) is 28.7 Å². The number of carbonyl (C=O) groups excluding carboxylic acids is 2. The van der Waals surface area contributed by atoms with E-state index in [0.717, 1.165) is 10.0 Å². The molecule has 0 aromatic heterocycles. The highest BCUT2D eigenvalue weighted by Crippen LogP contribution is 2.21. The summed E-state index contributed by atoms with van der Waals surface area (Å²) < 4.78 is 23.5. The first kappa shape index (κ1) is 17.0. The summed E-state index contributed by atoms with van der Waals surface area (Å²) >= 11 is 3.31. The average molecular weight is 389 g/mol. The van der Waals surface area contributed by atoms with Crippen LogP contribution in [-0.2, 0) is 25.8 Å². The van der Waals surface area contributed by atoms with Gasteiger partial charge in [0.1, 0.15) is 0 Å². The summed E-state index contributed by atoms with van der Waals surface area (Å²) in [5, 5.41) is 0. The molecule has 1 aliphatic heterocycles. The highest BCUT2D eigenvalue weighted by atomic mass is 79.9. The zero-order valence-corrected chi connectivity index (χ0v) is 14.2. The molecule has 1 aliphatic rings. The minimum Gasteiger partial charge on any atom is -0.273 e. The Bertz CT molecular complexity index is 658. The number of carbonyl (C=O) groups is 2. The van der Waals surface area contributed by atoms with E-state index in [-0.39, 0.29) is 42.1 Å². The SMILES string of the molecule is O=C(Cc1ccc(Br)cc1)NNC(=O)C[C@@H]1CCS(=O)(=O)C1. The number of nitrogens with one attached hydrogen (secondary N) is 2. The molecule has 1 aromatic carbocycles. The van der Waals surface area contributed by atoms with Crippen molar-refractivity contribution in [2.45, 2.75) is 19.3 Å². The van der Waals surface area contributed by atoms with Crippen LogP contribution in [0.4, 0.5) is 0 Å². The molecule has 0 spiro atoms. The molecule has 2 rings (SSSR count). The minimum atomic E-state index is -2.99. The van der Waals surface area contributed by atoms with E-state index in [2.05, 4.69) is 26.8 Å². The monoisotopic (exact) mass is 388 g/mol. The zero-order chi connectivity index (χ0) is 16.2. The molecule has 0 radical (unpaired) electrons. The Morgan fingerprint density at radius 3 is 2.36 bits per heavy atom. The van der Waals surface area contributed by atoms with Gasteiger partial charge >= 0.3 is 0 Å². The summed E-state index contributed by atoms with van der Waals surface area (Å²) in [6.45, 7) is 0. The van der Waals surface area contributed by atoms with Crippen LogP contribution < -0.4 is 10.9 Å². The van der Waals surface area contributed by atoms with Crippen molar-refractivity contribution in [3.8, 4) is 0 Å². The quantitative estimate of drug-likeness (QED) is 0.751. The van der Waals surface area contributed by atoms with E-state index < -0.39 is 9.84 Å². The van der Waals surface area contributed by atoms with E-state index in [1.807, 2.05) is 24.3 Å². The highest BCUT2D eigenvalue weighted by molar-refractivity contribution is 9.10. The Balaban J connectivity index is 1.72. The van der Waals surface area contributed by atoms with Gasteiger partial charge in [0.2, 0.25) is 11.8 Å². The van der Waals surface area contributed by atoms with E-state index in [1.54, 1.807) is 0 Å². The molecule has 2 amide bonds. The lowest BCUT2D eigenvalue weighted by molar-refractivity contribution is -0.129. The molecule has 22 heavy (non-hydrogen) atoms. The van der Waals surface area contributed by atoms with Gasteiger partial charge in [0, 0.05) is 10.9 Å². The van der Waals surface area contributed by atoms with Crippen molar-refractivity contribution in [1.29, 1.82) is 0 Å². The number of benzene rings is 1. The summed E-state index contributed by atoms with van der Waals surface area (Å²) in [5.74, 6) is -0.664. The van der Waals surface area contributed by atoms with E-state index in [0.29, 0.717) is 6.42 Å². The van der Waals surface area contributed by atoms with Crippen molar-refractivity contribution in [3.05, 3.63) is 34.3 Å². The maximum Gasteiger partial charge on any atom is 0.242 e.